The number of thioether (sulfide) groups is 1. The molecule has 1 N–H and O–H groups in total. The molecular weight excluding hydrogens is 462 g/mol. The lowest BCUT2D eigenvalue weighted by atomic mass is 10.1. The number of aryl methyl sites for hydroxylation is 2. The first-order valence-electron chi connectivity index (χ1n) is 12.4. The SMILES string of the molecule is CC(C(=O)NC1CC1)N1CCN(c2nc(CSc3ccccc3)nc3sc4c(c23)CCC4)CC1. The van der Waals surface area contributed by atoms with Crippen LogP contribution in [0.3, 0.4) is 0 Å². The molecule has 2 aromatic heterocycles. The van der Waals surface area contributed by atoms with Crippen molar-refractivity contribution in [1.82, 2.24) is 20.2 Å². The van der Waals surface area contributed by atoms with E-state index in [1.54, 1.807) is 11.8 Å². The van der Waals surface area contributed by atoms with Crippen molar-refractivity contribution in [1.29, 1.82) is 0 Å². The van der Waals surface area contributed by atoms with Gasteiger partial charge in [-0.05, 0) is 56.7 Å². The molecule has 1 aromatic carbocycles. The topological polar surface area (TPSA) is 61.4 Å². The first-order valence-corrected chi connectivity index (χ1v) is 14.2. The Kier molecular flexibility index (Phi) is 6.22. The zero-order valence-corrected chi connectivity index (χ0v) is 21.3. The quantitative estimate of drug-likeness (QED) is 0.496. The fourth-order valence-electron chi connectivity index (χ4n) is 5.01. The molecule has 1 saturated heterocycles. The molecule has 1 unspecified atom stereocenters. The maximum Gasteiger partial charge on any atom is 0.237 e. The van der Waals surface area contributed by atoms with Gasteiger partial charge in [-0.2, -0.15) is 0 Å². The number of rotatable bonds is 7. The molecule has 6 rings (SSSR count). The van der Waals surface area contributed by atoms with Crippen molar-refractivity contribution in [2.75, 3.05) is 31.1 Å². The summed E-state index contributed by atoms with van der Waals surface area (Å²) in [6.45, 7) is 5.59. The average Bonchev–Trinajstić information content (AvgIpc) is 3.45. The Morgan fingerprint density at radius 2 is 1.94 bits per heavy atom. The van der Waals surface area contributed by atoms with Crippen LogP contribution in [-0.2, 0) is 23.4 Å². The third-order valence-corrected chi connectivity index (χ3v) is 9.36. The highest BCUT2D eigenvalue weighted by Crippen LogP contribution is 2.41. The van der Waals surface area contributed by atoms with Crippen LogP contribution in [0.5, 0.6) is 0 Å². The molecule has 3 heterocycles. The minimum Gasteiger partial charge on any atom is -0.353 e. The van der Waals surface area contributed by atoms with E-state index in [2.05, 4.69) is 39.4 Å². The zero-order valence-electron chi connectivity index (χ0n) is 19.6. The van der Waals surface area contributed by atoms with E-state index in [1.165, 1.54) is 33.6 Å². The largest absolute Gasteiger partial charge is 0.353 e. The number of amides is 1. The van der Waals surface area contributed by atoms with E-state index in [9.17, 15) is 4.79 Å². The van der Waals surface area contributed by atoms with Crippen LogP contribution in [0.2, 0.25) is 0 Å². The number of hydrogen-bond acceptors (Lipinski definition) is 7. The molecule has 6 nitrogen and oxygen atoms in total. The molecule has 34 heavy (non-hydrogen) atoms. The van der Waals surface area contributed by atoms with Gasteiger partial charge >= 0.3 is 0 Å². The molecular formula is C26H31N5OS2. The number of aromatic nitrogens is 2. The van der Waals surface area contributed by atoms with Crippen molar-refractivity contribution in [3.8, 4) is 0 Å². The van der Waals surface area contributed by atoms with E-state index >= 15 is 0 Å². The highest BCUT2D eigenvalue weighted by Gasteiger charge is 2.31. The fraction of sp³-hybridized carbons (Fsp3) is 0.500. The summed E-state index contributed by atoms with van der Waals surface area (Å²) in [6, 6.07) is 10.8. The molecule has 0 spiro atoms. The van der Waals surface area contributed by atoms with E-state index in [-0.39, 0.29) is 11.9 Å². The summed E-state index contributed by atoms with van der Waals surface area (Å²) in [5.41, 5.74) is 1.48. The predicted octanol–water partition coefficient (Wildman–Crippen LogP) is 4.26. The van der Waals surface area contributed by atoms with Crippen LogP contribution >= 0.6 is 23.1 Å². The van der Waals surface area contributed by atoms with Gasteiger partial charge in [0.25, 0.3) is 0 Å². The monoisotopic (exact) mass is 493 g/mol. The number of benzene rings is 1. The van der Waals surface area contributed by atoms with Crippen LogP contribution in [0.25, 0.3) is 10.2 Å². The number of thiophene rings is 1. The lowest BCUT2D eigenvalue weighted by Gasteiger charge is -2.38. The molecule has 2 aliphatic carbocycles. The maximum absolute atomic E-state index is 12.6. The Hall–Kier alpha value is -2.16. The van der Waals surface area contributed by atoms with Gasteiger partial charge in [0.2, 0.25) is 5.91 Å². The minimum atomic E-state index is -0.0728. The molecule has 1 atom stereocenters. The Bertz CT molecular complexity index is 1180. The molecule has 2 fully saturated rings. The van der Waals surface area contributed by atoms with Crippen molar-refractivity contribution in [3.05, 3.63) is 46.6 Å². The number of nitrogens with zero attached hydrogens (tertiary/aromatic N) is 4. The van der Waals surface area contributed by atoms with E-state index in [4.69, 9.17) is 9.97 Å². The van der Waals surface area contributed by atoms with Crippen LogP contribution in [0.4, 0.5) is 5.82 Å². The van der Waals surface area contributed by atoms with Crippen LogP contribution in [-0.4, -0.2) is 59.0 Å². The van der Waals surface area contributed by atoms with Crippen LogP contribution in [0.1, 0.15) is 42.5 Å². The molecule has 178 valence electrons. The second-order valence-electron chi connectivity index (χ2n) is 9.58. The zero-order chi connectivity index (χ0) is 23.1. The molecule has 0 bridgehead atoms. The summed E-state index contributed by atoms with van der Waals surface area (Å²) in [5, 5.41) is 4.45. The van der Waals surface area contributed by atoms with Crippen molar-refractivity contribution in [2.45, 2.75) is 61.8 Å². The van der Waals surface area contributed by atoms with Gasteiger partial charge in [0.1, 0.15) is 16.5 Å². The van der Waals surface area contributed by atoms with Gasteiger partial charge in [-0.25, -0.2) is 9.97 Å². The summed E-state index contributed by atoms with van der Waals surface area (Å²) in [6.07, 6.45) is 5.81. The number of hydrogen-bond donors (Lipinski definition) is 1. The summed E-state index contributed by atoms with van der Waals surface area (Å²) < 4.78 is 0. The van der Waals surface area contributed by atoms with Crippen molar-refractivity contribution in [2.24, 2.45) is 0 Å². The van der Waals surface area contributed by atoms with Crippen LogP contribution < -0.4 is 10.2 Å². The molecule has 1 aliphatic heterocycles. The molecule has 3 aromatic rings. The van der Waals surface area contributed by atoms with E-state index < -0.39 is 0 Å². The number of anilines is 1. The van der Waals surface area contributed by atoms with Gasteiger partial charge in [-0.3, -0.25) is 9.69 Å². The van der Waals surface area contributed by atoms with Crippen LogP contribution in [0.15, 0.2) is 35.2 Å². The Morgan fingerprint density at radius 3 is 2.71 bits per heavy atom. The second-order valence-corrected chi connectivity index (χ2v) is 11.7. The number of nitrogens with one attached hydrogen (secondary N) is 1. The maximum atomic E-state index is 12.6. The van der Waals surface area contributed by atoms with Gasteiger partial charge in [0, 0.05) is 42.0 Å². The second kappa shape index (κ2) is 9.47. The number of fused-ring (bicyclic) bond motifs is 3. The summed E-state index contributed by atoms with van der Waals surface area (Å²) in [7, 11) is 0. The van der Waals surface area contributed by atoms with Gasteiger partial charge in [0.05, 0.1) is 17.2 Å². The molecule has 3 aliphatic rings. The van der Waals surface area contributed by atoms with Gasteiger partial charge in [0.15, 0.2) is 0 Å². The Morgan fingerprint density at radius 1 is 1.15 bits per heavy atom. The highest BCUT2D eigenvalue weighted by atomic mass is 32.2. The summed E-state index contributed by atoms with van der Waals surface area (Å²) >= 11 is 3.66. The van der Waals surface area contributed by atoms with Gasteiger partial charge < -0.3 is 10.2 Å². The Labute approximate surface area is 209 Å². The first kappa shape index (κ1) is 22.3. The average molecular weight is 494 g/mol. The van der Waals surface area contributed by atoms with E-state index in [1.807, 2.05) is 24.3 Å². The standard InChI is InChI=1S/C26H31N5OS2/c1-17(25(32)27-18-10-11-18)30-12-14-31(15-13-30)24-23-20-8-5-9-21(20)34-26(23)29-22(28-24)16-33-19-6-3-2-4-7-19/h2-4,6-7,17-18H,5,8-16H2,1H3,(H,27,32). The first-order chi connectivity index (χ1) is 16.7. The molecule has 1 amide bonds. The molecule has 1 saturated carbocycles. The number of piperazine rings is 1. The fourth-order valence-corrected chi connectivity index (χ4v) is 7.06. The molecule has 0 radical (unpaired) electrons. The van der Waals surface area contributed by atoms with E-state index in [0.717, 1.165) is 67.7 Å². The van der Waals surface area contributed by atoms with E-state index in [0.29, 0.717) is 6.04 Å². The summed E-state index contributed by atoms with van der Waals surface area (Å²) in [4.78, 5) is 31.4. The lowest BCUT2D eigenvalue weighted by Crippen LogP contribution is -2.54. The number of carbonyl (C=O) groups is 1. The normalized spacial score (nSPS) is 19.4. The third kappa shape index (κ3) is 4.55. The highest BCUT2D eigenvalue weighted by molar-refractivity contribution is 7.98. The van der Waals surface area contributed by atoms with Crippen molar-refractivity contribution < 1.29 is 4.79 Å². The summed E-state index contributed by atoms with van der Waals surface area (Å²) in [5.74, 6) is 2.98. The Balaban J connectivity index is 1.22. The predicted molar refractivity (Wildman–Crippen MR) is 140 cm³/mol. The smallest absolute Gasteiger partial charge is 0.237 e. The van der Waals surface area contributed by atoms with Crippen molar-refractivity contribution in [3.63, 3.8) is 0 Å². The lowest BCUT2D eigenvalue weighted by molar-refractivity contribution is -0.126. The van der Waals surface area contributed by atoms with Gasteiger partial charge in [-0.1, -0.05) is 18.2 Å². The molecule has 8 heteroatoms. The van der Waals surface area contributed by atoms with Crippen molar-refractivity contribution >= 4 is 45.0 Å². The van der Waals surface area contributed by atoms with Crippen LogP contribution in [0, 0.1) is 0 Å². The minimum absolute atomic E-state index is 0.0728. The van der Waals surface area contributed by atoms with Gasteiger partial charge in [-0.15, -0.1) is 23.1 Å². The number of carbonyl (C=O) groups excluding carboxylic acids is 1. The third-order valence-electron chi connectivity index (χ3n) is 7.17.